The molecule has 1 fully saturated rings. The standard InChI is InChI=1S/C16H29O4P/c1-3-4-8-13(2)20-21(19)12-15(16(17)18)11-14-9-6-5-7-10-14/h11,13-14,21H,3-10,12H2,1-2H3,(H,17,18). The second-order valence-electron chi connectivity index (χ2n) is 6.01. The Morgan fingerprint density at radius 2 is 2.05 bits per heavy atom. The molecule has 0 aromatic heterocycles. The highest BCUT2D eigenvalue weighted by Crippen LogP contribution is 2.31. The van der Waals surface area contributed by atoms with Gasteiger partial charge in [0.05, 0.1) is 12.3 Å². The molecule has 0 amide bonds. The lowest BCUT2D eigenvalue weighted by molar-refractivity contribution is -0.132. The number of carboxylic acid groups (broad SMARTS) is 1. The van der Waals surface area contributed by atoms with Gasteiger partial charge in [-0.2, -0.15) is 0 Å². The largest absolute Gasteiger partial charge is 0.478 e. The molecule has 0 saturated heterocycles. The molecule has 0 radical (unpaired) electrons. The van der Waals surface area contributed by atoms with Gasteiger partial charge in [0.15, 0.2) is 8.03 Å². The second-order valence-corrected chi connectivity index (χ2v) is 7.35. The summed E-state index contributed by atoms with van der Waals surface area (Å²) in [6.45, 7) is 4.01. The van der Waals surface area contributed by atoms with Crippen molar-refractivity contribution >= 4 is 14.0 Å². The summed E-state index contributed by atoms with van der Waals surface area (Å²) in [6, 6.07) is 0. The first-order valence-electron chi connectivity index (χ1n) is 8.16. The molecule has 5 heteroatoms. The summed E-state index contributed by atoms with van der Waals surface area (Å²) in [5, 5.41) is 9.28. The summed E-state index contributed by atoms with van der Waals surface area (Å²) < 4.78 is 17.5. The van der Waals surface area contributed by atoms with Crippen molar-refractivity contribution in [2.45, 2.75) is 71.3 Å². The fourth-order valence-electron chi connectivity index (χ4n) is 2.76. The predicted molar refractivity (Wildman–Crippen MR) is 86.2 cm³/mol. The molecule has 0 heterocycles. The van der Waals surface area contributed by atoms with Gasteiger partial charge in [-0.25, -0.2) is 4.79 Å². The minimum atomic E-state index is -2.31. The SMILES string of the molecule is CCCCC(C)O[PH](=O)CC(=CC1CCCCC1)C(=O)O. The van der Waals surface area contributed by atoms with Crippen LogP contribution in [0, 0.1) is 5.92 Å². The zero-order chi connectivity index (χ0) is 15.7. The minimum Gasteiger partial charge on any atom is -0.478 e. The van der Waals surface area contributed by atoms with Gasteiger partial charge in [-0.05, 0) is 32.1 Å². The second kappa shape index (κ2) is 10.2. The maximum Gasteiger partial charge on any atom is 0.331 e. The average molecular weight is 316 g/mol. The number of carboxylic acids is 1. The summed E-state index contributed by atoms with van der Waals surface area (Å²) in [4.78, 5) is 11.3. The monoisotopic (exact) mass is 316 g/mol. The Labute approximate surface area is 128 Å². The molecule has 1 aliphatic rings. The first-order chi connectivity index (χ1) is 10.0. The van der Waals surface area contributed by atoms with Crippen molar-refractivity contribution < 1.29 is 19.0 Å². The third kappa shape index (κ3) is 7.82. The molecule has 4 nitrogen and oxygen atoms in total. The Bertz CT molecular complexity index is 372. The van der Waals surface area contributed by atoms with Crippen LogP contribution in [-0.2, 0) is 13.9 Å². The highest BCUT2D eigenvalue weighted by Gasteiger charge is 2.18. The quantitative estimate of drug-likeness (QED) is 0.497. The molecule has 21 heavy (non-hydrogen) atoms. The van der Waals surface area contributed by atoms with E-state index in [0.29, 0.717) is 5.92 Å². The van der Waals surface area contributed by atoms with Crippen LogP contribution in [0.4, 0.5) is 0 Å². The smallest absolute Gasteiger partial charge is 0.331 e. The lowest BCUT2D eigenvalue weighted by atomic mass is 9.88. The number of rotatable bonds is 9. The first kappa shape index (κ1) is 18.4. The van der Waals surface area contributed by atoms with E-state index >= 15 is 0 Å². The van der Waals surface area contributed by atoms with Crippen molar-refractivity contribution in [1.82, 2.24) is 0 Å². The van der Waals surface area contributed by atoms with E-state index in [0.717, 1.165) is 44.9 Å². The van der Waals surface area contributed by atoms with Crippen LogP contribution in [0.5, 0.6) is 0 Å². The number of hydrogen-bond acceptors (Lipinski definition) is 3. The van der Waals surface area contributed by atoms with E-state index in [2.05, 4.69) is 6.92 Å². The maximum absolute atomic E-state index is 12.0. The van der Waals surface area contributed by atoms with Crippen molar-refractivity contribution in [3.63, 3.8) is 0 Å². The van der Waals surface area contributed by atoms with Gasteiger partial charge in [0.1, 0.15) is 0 Å². The van der Waals surface area contributed by atoms with Crippen molar-refractivity contribution in [2.24, 2.45) is 5.92 Å². The van der Waals surface area contributed by atoms with Crippen LogP contribution in [0.25, 0.3) is 0 Å². The predicted octanol–water partition coefficient (Wildman–Crippen LogP) is 4.65. The van der Waals surface area contributed by atoms with E-state index in [1.54, 1.807) is 0 Å². The van der Waals surface area contributed by atoms with E-state index in [9.17, 15) is 14.5 Å². The molecule has 1 aliphatic carbocycles. The summed E-state index contributed by atoms with van der Waals surface area (Å²) in [6.07, 6.45) is 10.5. The molecule has 0 aromatic rings. The van der Waals surface area contributed by atoms with Gasteiger partial charge in [-0.3, -0.25) is 4.57 Å². The molecule has 0 bridgehead atoms. The molecule has 1 rings (SSSR count). The molecule has 0 spiro atoms. The van der Waals surface area contributed by atoms with Gasteiger partial charge in [0.25, 0.3) is 0 Å². The lowest BCUT2D eigenvalue weighted by Gasteiger charge is -2.19. The Morgan fingerprint density at radius 1 is 1.38 bits per heavy atom. The molecule has 0 aliphatic heterocycles. The third-order valence-electron chi connectivity index (χ3n) is 3.99. The topological polar surface area (TPSA) is 63.6 Å². The highest BCUT2D eigenvalue weighted by molar-refractivity contribution is 7.39. The van der Waals surface area contributed by atoms with Crippen molar-refractivity contribution in [2.75, 3.05) is 6.16 Å². The zero-order valence-corrected chi connectivity index (χ0v) is 14.3. The Hall–Kier alpha value is -0.600. The minimum absolute atomic E-state index is 0.0546. The van der Waals surface area contributed by atoms with Crippen molar-refractivity contribution in [3.05, 3.63) is 11.6 Å². The molecule has 1 saturated carbocycles. The van der Waals surface area contributed by atoms with Gasteiger partial charge in [-0.1, -0.05) is 45.1 Å². The van der Waals surface area contributed by atoms with Gasteiger partial charge < -0.3 is 9.63 Å². The number of unbranched alkanes of at least 4 members (excludes halogenated alkanes) is 1. The van der Waals surface area contributed by atoms with Crippen molar-refractivity contribution in [3.8, 4) is 0 Å². The van der Waals surface area contributed by atoms with Gasteiger partial charge in [0.2, 0.25) is 0 Å². The molecule has 2 atom stereocenters. The molecule has 0 aromatic carbocycles. The molecular formula is C16H29O4P. The number of carbonyl (C=O) groups is 1. The van der Waals surface area contributed by atoms with Crippen LogP contribution >= 0.6 is 8.03 Å². The average Bonchev–Trinajstić information content (AvgIpc) is 2.45. The number of hydrogen-bond donors (Lipinski definition) is 1. The lowest BCUT2D eigenvalue weighted by Crippen LogP contribution is -2.11. The molecule has 1 N–H and O–H groups in total. The zero-order valence-electron chi connectivity index (χ0n) is 13.3. The fourth-order valence-corrected chi connectivity index (χ4v) is 3.99. The van der Waals surface area contributed by atoms with E-state index in [-0.39, 0.29) is 17.8 Å². The number of aliphatic carboxylic acids is 1. The summed E-state index contributed by atoms with van der Waals surface area (Å²) in [5.74, 6) is -0.624. The van der Waals surface area contributed by atoms with Crippen LogP contribution in [0.1, 0.15) is 65.2 Å². The summed E-state index contributed by atoms with van der Waals surface area (Å²) in [5.41, 5.74) is 0.272. The third-order valence-corrected chi connectivity index (χ3v) is 5.33. The Kier molecular flexibility index (Phi) is 8.94. The summed E-state index contributed by atoms with van der Waals surface area (Å²) >= 11 is 0. The maximum atomic E-state index is 12.0. The van der Waals surface area contributed by atoms with Crippen LogP contribution in [0.2, 0.25) is 0 Å². The van der Waals surface area contributed by atoms with E-state index in [1.807, 2.05) is 13.0 Å². The Morgan fingerprint density at radius 3 is 2.62 bits per heavy atom. The van der Waals surface area contributed by atoms with Crippen LogP contribution in [0.15, 0.2) is 11.6 Å². The fraction of sp³-hybridized carbons (Fsp3) is 0.812. The Balaban J connectivity index is 2.51. The molecule has 122 valence electrons. The van der Waals surface area contributed by atoms with Gasteiger partial charge >= 0.3 is 5.97 Å². The van der Waals surface area contributed by atoms with Gasteiger partial charge in [-0.15, -0.1) is 0 Å². The van der Waals surface area contributed by atoms with Crippen LogP contribution < -0.4 is 0 Å². The van der Waals surface area contributed by atoms with E-state index in [4.69, 9.17) is 4.52 Å². The highest BCUT2D eigenvalue weighted by atomic mass is 31.1. The molecule has 2 unspecified atom stereocenters. The normalized spacial score (nSPS) is 20.2. The van der Waals surface area contributed by atoms with E-state index < -0.39 is 14.0 Å². The van der Waals surface area contributed by atoms with Crippen LogP contribution in [-0.4, -0.2) is 23.3 Å². The summed E-state index contributed by atoms with van der Waals surface area (Å²) in [7, 11) is -2.31. The number of allylic oxidation sites excluding steroid dienone is 1. The first-order valence-corrected chi connectivity index (χ1v) is 9.68. The van der Waals surface area contributed by atoms with Crippen LogP contribution in [0.3, 0.4) is 0 Å². The van der Waals surface area contributed by atoms with Gasteiger partial charge in [0, 0.05) is 5.57 Å². The van der Waals surface area contributed by atoms with E-state index in [1.165, 1.54) is 6.42 Å². The van der Waals surface area contributed by atoms with Crippen molar-refractivity contribution in [1.29, 1.82) is 0 Å². The molecular weight excluding hydrogens is 287 g/mol.